The minimum Gasteiger partial charge on any atom is -0.398 e. The second-order valence-electron chi connectivity index (χ2n) is 5.67. The fourth-order valence-corrected chi connectivity index (χ4v) is 2.10. The summed E-state index contributed by atoms with van der Waals surface area (Å²) in [6.45, 7) is 7.90. The molecule has 0 bridgehead atoms. The van der Waals surface area contributed by atoms with Crippen molar-refractivity contribution < 1.29 is 14.1 Å². The van der Waals surface area contributed by atoms with Crippen LogP contribution in [0.15, 0.2) is 12.3 Å². The van der Waals surface area contributed by atoms with Crippen LogP contribution in [-0.4, -0.2) is 29.6 Å². The highest BCUT2D eigenvalue weighted by atomic mass is 35.5. The first-order valence-electron chi connectivity index (χ1n) is 6.20. The van der Waals surface area contributed by atoms with Crippen molar-refractivity contribution in [2.75, 3.05) is 0 Å². The fourth-order valence-electron chi connectivity index (χ4n) is 1.82. The molecule has 2 heterocycles. The minimum atomic E-state index is -0.581. The number of pyridine rings is 1. The number of halogens is 1. The minimum absolute atomic E-state index is 0.302. The molecule has 0 unspecified atom stereocenters. The molecule has 4 nitrogen and oxygen atoms in total. The third-order valence-corrected chi connectivity index (χ3v) is 4.02. The van der Waals surface area contributed by atoms with Crippen LogP contribution in [0.2, 0.25) is 5.02 Å². The summed E-state index contributed by atoms with van der Waals surface area (Å²) in [6.07, 6.45) is 2.75. The lowest BCUT2D eigenvalue weighted by Gasteiger charge is -2.32. The molecule has 1 aromatic rings. The zero-order valence-electron chi connectivity index (χ0n) is 11.6. The fraction of sp³-hybridized carbons (Fsp3) is 0.538. The molecule has 0 aromatic carbocycles. The maximum absolute atomic E-state index is 10.5. The summed E-state index contributed by atoms with van der Waals surface area (Å²) in [5, 5.41) is 0.456. The van der Waals surface area contributed by atoms with Gasteiger partial charge in [0, 0.05) is 12.6 Å². The average molecular weight is 282 g/mol. The van der Waals surface area contributed by atoms with E-state index in [0.717, 1.165) is 11.8 Å². The Hall–Kier alpha value is -0.905. The monoisotopic (exact) mass is 281 g/mol. The number of aromatic nitrogens is 1. The van der Waals surface area contributed by atoms with E-state index in [1.165, 1.54) is 0 Å². The van der Waals surface area contributed by atoms with Crippen molar-refractivity contribution in [1.29, 1.82) is 0 Å². The molecule has 6 heteroatoms. The Morgan fingerprint density at radius 1 is 1.32 bits per heavy atom. The Labute approximate surface area is 118 Å². The molecule has 0 atom stereocenters. The van der Waals surface area contributed by atoms with E-state index in [-0.39, 0.29) is 0 Å². The molecule has 0 amide bonds. The van der Waals surface area contributed by atoms with Crippen molar-refractivity contribution >= 4 is 30.6 Å². The molecule has 102 valence electrons. The van der Waals surface area contributed by atoms with Gasteiger partial charge in [0.15, 0.2) is 0 Å². The van der Waals surface area contributed by atoms with E-state index < -0.39 is 18.3 Å². The first-order valence-corrected chi connectivity index (χ1v) is 6.58. The normalized spacial score (nSPS) is 20.6. The highest BCUT2D eigenvalue weighted by Gasteiger charge is 2.52. The van der Waals surface area contributed by atoms with E-state index in [9.17, 15) is 4.79 Å². The van der Waals surface area contributed by atoms with Gasteiger partial charge in [-0.05, 0) is 39.3 Å². The predicted molar refractivity (Wildman–Crippen MR) is 74.7 cm³/mol. The van der Waals surface area contributed by atoms with Crippen LogP contribution >= 0.6 is 11.6 Å². The SMILES string of the molecule is CC1(C)OB(c2ncc(CC=O)cc2Cl)OC1(C)C. The number of carbonyl (C=O) groups is 1. The largest absolute Gasteiger partial charge is 0.516 e. The quantitative estimate of drug-likeness (QED) is 0.626. The van der Waals surface area contributed by atoms with Gasteiger partial charge in [0.05, 0.1) is 21.8 Å². The number of rotatable bonds is 3. The number of hydrogen-bond acceptors (Lipinski definition) is 4. The van der Waals surface area contributed by atoms with Crippen LogP contribution in [0.4, 0.5) is 0 Å². The molecular formula is C13H17BClNO3. The molecule has 0 radical (unpaired) electrons. The molecular weight excluding hydrogens is 264 g/mol. The molecule has 1 saturated heterocycles. The lowest BCUT2D eigenvalue weighted by molar-refractivity contribution is -0.107. The van der Waals surface area contributed by atoms with Crippen LogP contribution in [0.5, 0.6) is 0 Å². The van der Waals surface area contributed by atoms with E-state index in [1.54, 1.807) is 12.3 Å². The van der Waals surface area contributed by atoms with Crippen LogP contribution < -0.4 is 5.59 Å². The smallest absolute Gasteiger partial charge is 0.398 e. The second kappa shape index (κ2) is 4.89. The van der Waals surface area contributed by atoms with Gasteiger partial charge in [0.1, 0.15) is 6.29 Å². The molecule has 0 saturated carbocycles. The van der Waals surface area contributed by atoms with Crippen molar-refractivity contribution in [3.8, 4) is 0 Å². The highest BCUT2D eigenvalue weighted by molar-refractivity contribution is 6.64. The van der Waals surface area contributed by atoms with Gasteiger partial charge in [-0.15, -0.1) is 0 Å². The van der Waals surface area contributed by atoms with Crippen molar-refractivity contribution in [2.45, 2.75) is 45.3 Å². The van der Waals surface area contributed by atoms with Crippen LogP contribution in [-0.2, 0) is 20.5 Å². The first kappa shape index (κ1) is 14.5. The summed E-state index contributed by atoms with van der Waals surface area (Å²) in [7, 11) is -0.581. The third kappa shape index (κ3) is 2.68. The third-order valence-electron chi connectivity index (χ3n) is 3.72. The maximum Gasteiger partial charge on any atom is 0.516 e. The summed E-state index contributed by atoms with van der Waals surface area (Å²) in [4.78, 5) is 14.7. The molecule has 0 N–H and O–H groups in total. The standard InChI is InChI=1S/C13H17BClNO3/c1-12(2)13(3,4)19-14(18-12)11-10(15)7-9(5-6-17)8-16-11/h6-8H,5H2,1-4H3. The molecule has 2 rings (SSSR count). The number of nitrogens with zero attached hydrogens (tertiary/aromatic N) is 1. The van der Waals surface area contributed by atoms with Gasteiger partial charge >= 0.3 is 7.12 Å². The Morgan fingerprint density at radius 3 is 2.37 bits per heavy atom. The molecule has 1 fully saturated rings. The Balaban J connectivity index is 2.27. The van der Waals surface area contributed by atoms with Crippen molar-refractivity contribution in [3.63, 3.8) is 0 Å². The average Bonchev–Trinajstić information content (AvgIpc) is 2.48. The lowest BCUT2D eigenvalue weighted by Crippen LogP contribution is -2.41. The van der Waals surface area contributed by atoms with Gasteiger partial charge in [-0.25, -0.2) is 0 Å². The Morgan fingerprint density at radius 2 is 1.89 bits per heavy atom. The predicted octanol–water partition coefficient (Wildman–Crippen LogP) is 1.78. The van der Waals surface area contributed by atoms with Crippen LogP contribution in [0.1, 0.15) is 33.3 Å². The topological polar surface area (TPSA) is 48.4 Å². The first-order chi connectivity index (χ1) is 8.77. The van der Waals surface area contributed by atoms with Crippen molar-refractivity contribution in [1.82, 2.24) is 4.98 Å². The number of carbonyl (C=O) groups excluding carboxylic acids is 1. The molecule has 0 aliphatic carbocycles. The lowest BCUT2D eigenvalue weighted by atomic mass is 9.84. The van der Waals surface area contributed by atoms with E-state index >= 15 is 0 Å². The summed E-state index contributed by atoms with van der Waals surface area (Å²) in [5.74, 6) is 0. The van der Waals surface area contributed by atoms with Crippen LogP contribution in [0, 0.1) is 0 Å². The summed E-state index contributed by atoms with van der Waals surface area (Å²) < 4.78 is 11.8. The van der Waals surface area contributed by atoms with Crippen LogP contribution in [0.3, 0.4) is 0 Å². The molecule has 1 aliphatic heterocycles. The van der Waals surface area contributed by atoms with Gasteiger partial charge in [0.2, 0.25) is 0 Å². The van der Waals surface area contributed by atoms with E-state index in [2.05, 4.69) is 4.98 Å². The Bertz CT molecular complexity index is 489. The maximum atomic E-state index is 10.5. The van der Waals surface area contributed by atoms with Crippen molar-refractivity contribution in [3.05, 3.63) is 22.8 Å². The zero-order valence-corrected chi connectivity index (χ0v) is 12.3. The van der Waals surface area contributed by atoms with E-state index in [0.29, 0.717) is 17.0 Å². The number of hydrogen-bond donors (Lipinski definition) is 0. The second-order valence-corrected chi connectivity index (χ2v) is 6.08. The van der Waals surface area contributed by atoms with Gasteiger partial charge in [-0.2, -0.15) is 0 Å². The summed E-state index contributed by atoms with van der Waals surface area (Å²) in [6, 6.07) is 1.73. The summed E-state index contributed by atoms with van der Waals surface area (Å²) >= 11 is 6.19. The van der Waals surface area contributed by atoms with Crippen LogP contribution in [0.25, 0.3) is 0 Å². The molecule has 19 heavy (non-hydrogen) atoms. The zero-order chi connectivity index (χ0) is 14.3. The number of aldehydes is 1. The molecule has 0 spiro atoms. The van der Waals surface area contributed by atoms with Gasteiger partial charge in [0.25, 0.3) is 0 Å². The molecule has 1 aliphatic rings. The molecule has 1 aromatic heterocycles. The van der Waals surface area contributed by atoms with E-state index in [1.807, 2.05) is 27.7 Å². The van der Waals surface area contributed by atoms with E-state index in [4.69, 9.17) is 20.9 Å². The van der Waals surface area contributed by atoms with Gasteiger partial charge in [-0.1, -0.05) is 11.6 Å². The Kier molecular flexibility index (Phi) is 3.73. The summed E-state index contributed by atoms with van der Waals surface area (Å²) in [5.41, 5.74) is 0.476. The van der Waals surface area contributed by atoms with Crippen molar-refractivity contribution in [2.24, 2.45) is 0 Å². The highest BCUT2D eigenvalue weighted by Crippen LogP contribution is 2.36. The van der Waals surface area contributed by atoms with Gasteiger partial charge < -0.3 is 14.1 Å². The van der Waals surface area contributed by atoms with Gasteiger partial charge in [-0.3, -0.25) is 4.98 Å².